The number of alkyl halides is 1. The standard InChI is InChI=1S/C10H16ClN3/c1-7(2)9(6-11)14-10-8(3)12-4-5-13-10/h4-5,7,9H,6H2,1-3H3,(H,13,14). The fourth-order valence-electron chi connectivity index (χ4n) is 1.11. The Morgan fingerprint density at radius 2 is 2.00 bits per heavy atom. The van der Waals surface area contributed by atoms with Crippen molar-refractivity contribution in [2.24, 2.45) is 5.92 Å². The van der Waals surface area contributed by atoms with E-state index in [0.717, 1.165) is 11.5 Å². The molecule has 1 heterocycles. The maximum atomic E-state index is 5.85. The van der Waals surface area contributed by atoms with Crippen LogP contribution in [0.1, 0.15) is 19.5 Å². The van der Waals surface area contributed by atoms with Crippen LogP contribution in [0.3, 0.4) is 0 Å². The molecule has 0 saturated carbocycles. The zero-order valence-electron chi connectivity index (χ0n) is 8.79. The van der Waals surface area contributed by atoms with Crippen molar-refractivity contribution in [3.8, 4) is 0 Å². The molecule has 0 spiro atoms. The van der Waals surface area contributed by atoms with Crippen molar-refractivity contribution in [2.45, 2.75) is 26.8 Å². The molecule has 1 N–H and O–H groups in total. The van der Waals surface area contributed by atoms with Gasteiger partial charge in [-0.25, -0.2) is 4.98 Å². The Morgan fingerprint density at radius 1 is 1.36 bits per heavy atom. The van der Waals surface area contributed by atoms with Crippen LogP contribution in [0.15, 0.2) is 12.4 Å². The predicted octanol–water partition coefficient (Wildman–Crippen LogP) is 2.46. The number of anilines is 1. The first-order valence-corrected chi connectivity index (χ1v) is 5.28. The molecular weight excluding hydrogens is 198 g/mol. The molecule has 1 aromatic heterocycles. The molecule has 0 aliphatic rings. The van der Waals surface area contributed by atoms with Gasteiger partial charge < -0.3 is 5.32 Å². The highest BCUT2D eigenvalue weighted by atomic mass is 35.5. The topological polar surface area (TPSA) is 37.8 Å². The van der Waals surface area contributed by atoms with Crippen LogP contribution >= 0.6 is 11.6 Å². The van der Waals surface area contributed by atoms with Crippen LogP contribution in [0.5, 0.6) is 0 Å². The second-order valence-electron chi connectivity index (χ2n) is 3.64. The number of nitrogens with zero attached hydrogens (tertiary/aromatic N) is 2. The molecule has 0 radical (unpaired) electrons. The van der Waals surface area contributed by atoms with Gasteiger partial charge in [0.05, 0.1) is 5.69 Å². The Hall–Kier alpha value is -0.830. The first kappa shape index (κ1) is 11.2. The lowest BCUT2D eigenvalue weighted by atomic mass is 10.1. The minimum atomic E-state index is 0.243. The van der Waals surface area contributed by atoms with E-state index in [-0.39, 0.29) is 6.04 Å². The summed E-state index contributed by atoms with van der Waals surface area (Å²) in [5.41, 5.74) is 0.906. The molecule has 0 aromatic carbocycles. The molecule has 3 nitrogen and oxygen atoms in total. The van der Waals surface area contributed by atoms with E-state index in [0.29, 0.717) is 11.8 Å². The summed E-state index contributed by atoms with van der Waals surface area (Å²) in [4.78, 5) is 8.37. The van der Waals surface area contributed by atoms with E-state index >= 15 is 0 Å². The van der Waals surface area contributed by atoms with Gasteiger partial charge in [0.2, 0.25) is 0 Å². The minimum absolute atomic E-state index is 0.243. The summed E-state index contributed by atoms with van der Waals surface area (Å²) in [5.74, 6) is 1.88. The highest BCUT2D eigenvalue weighted by molar-refractivity contribution is 6.18. The highest BCUT2D eigenvalue weighted by Crippen LogP contribution is 2.13. The average Bonchev–Trinajstić information content (AvgIpc) is 2.16. The van der Waals surface area contributed by atoms with E-state index in [1.807, 2.05) is 6.92 Å². The van der Waals surface area contributed by atoms with Gasteiger partial charge in [0.25, 0.3) is 0 Å². The molecule has 1 rings (SSSR count). The van der Waals surface area contributed by atoms with Crippen LogP contribution in [0.4, 0.5) is 5.82 Å². The van der Waals surface area contributed by atoms with Gasteiger partial charge in [-0.3, -0.25) is 4.98 Å². The van der Waals surface area contributed by atoms with Gasteiger partial charge in [0.15, 0.2) is 0 Å². The monoisotopic (exact) mass is 213 g/mol. The summed E-state index contributed by atoms with van der Waals surface area (Å²) in [6.45, 7) is 6.19. The van der Waals surface area contributed by atoms with Crippen molar-refractivity contribution in [1.29, 1.82) is 0 Å². The molecule has 0 amide bonds. The normalized spacial score (nSPS) is 12.9. The summed E-state index contributed by atoms with van der Waals surface area (Å²) < 4.78 is 0. The van der Waals surface area contributed by atoms with Crippen molar-refractivity contribution in [2.75, 3.05) is 11.2 Å². The van der Waals surface area contributed by atoms with Gasteiger partial charge in [0, 0.05) is 24.3 Å². The summed E-state index contributed by atoms with van der Waals surface area (Å²) in [6, 6.07) is 0.243. The van der Waals surface area contributed by atoms with Crippen LogP contribution in [0.25, 0.3) is 0 Å². The maximum Gasteiger partial charge on any atom is 0.147 e. The van der Waals surface area contributed by atoms with Crippen LogP contribution in [-0.2, 0) is 0 Å². The molecule has 0 bridgehead atoms. The quantitative estimate of drug-likeness (QED) is 0.781. The van der Waals surface area contributed by atoms with E-state index in [9.17, 15) is 0 Å². The lowest BCUT2D eigenvalue weighted by Crippen LogP contribution is -2.28. The second kappa shape index (κ2) is 5.15. The van der Waals surface area contributed by atoms with Gasteiger partial charge in [-0.05, 0) is 12.8 Å². The molecule has 1 aromatic rings. The number of nitrogens with one attached hydrogen (secondary N) is 1. The molecule has 14 heavy (non-hydrogen) atoms. The van der Waals surface area contributed by atoms with Crippen molar-refractivity contribution in [3.05, 3.63) is 18.1 Å². The molecule has 4 heteroatoms. The lowest BCUT2D eigenvalue weighted by molar-refractivity contribution is 0.562. The third-order valence-electron chi connectivity index (χ3n) is 2.17. The van der Waals surface area contributed by atoms with Crippen molar-refractivity contribution < 1.29 is 0 Å². The Balaban J connectivity index is 2.72. The van der Waals surface area contributed by atoms with Gasteiger partial charge in [-0.1, -0.05) is 13.8 Å². The molecule has 78 valence electrons. The maximum absolute atomic E-state index is 5.85. The fourth-order valence-corrected chi connectivity index (χ4v) is 1.54. The number of halogens is 1. The SMILES string of the molecule is Cc1nccnc1NC(CCl)C(C)C. The van der Waals surface area contributed by atoms with E-state index in [2.05, 4.69) is 29.1 Å². The van der Waals surface area contributed by atoms with Gasteiger partial charge >= 0.3 is 0 Å². The first-order chi connectivity index (χ1) is 6.65. The van der Waals surface area contributed by atoms with Gasteiger partial charge in [-0.15, -0.1) is 11.6 Å². The molecular formula is C10H16ClN3. The minimum Gasteiger partial charge on any atom is -0.364 e. The van der Waals surface area contributed by atoms with Crippen molar-refractivity contribution >= 4 is 17.4 Å². The second-order valence-corrected chi connectivity index (χ2v) is 3.95. The third kappa shape index (κ3) is 2.84. The molecule has 1 atom stereocenters. The predicted molar refractivity (Wildman–Crippen MR) is 59.7 cm³/mol. The van der Waals surface area contributed by atoms with E-state index < -0.39 is 0 Å². The first-order valence-electron chi connectivity index (χ1n) is 4.75. The molecule has 1 unspecified atom stereocenters. The van der Waals surface area contributed by atoms with Crippen LogP contribution in [0.2, 0.25) is 0 Å². The summed E-state index contributed by atoms with van der Waals surface area (Å²) >= 11 is 5.85. The lowest BCUT2D eigenvalue weighted by Gasteiger charge is -2.20. The number of hydrogen-bond acceptors (Lipinski definition) is 3. The van der Waals surface area contributed by atoms with Gasteiger partial charge in [-0.2, -0.15) is 0 Å². The number of rotatable bonds is 4. The van der Waals surface area contributed by atoms with Crippen molar-refractivity contribution in [1.82, 2.24) is 9.97 Å². The number of hydrogen-bond donors (Lipinski definition) is 1. The van der Waals surface area contributed by atoms with Crippen LogP contribution in [0, 0.1) is 12.8 Å². The Labute approximate surface area is 89.9 Å². The average molecular weight is 214 g/mol. The fraction of sp³-hybridized carbons (Fsp3) is 0.600. The Kier molecular flexibility index (Phi) is 4.14. The zero-order chi connectivity index (χ0) is 10.6. The Bertz CT molecular complexity index is 288. The summed E-state index contributed by atoms with van der Waals surface area (Å²) in [7, 11) is 0. The summed E-state index contributed by atoms with van der Waals surface area (Å²) in [5, 5.41) is 3.29. The largest absolute Gasteiger partial charge is 0.364 e. The highest BCUT2D eigenvalue weighted by Gasteiger charge is 2.13. The molecule has 0 fully saturated rings. The molecule has 0 aliphatic carbocycles. The molecule has 0 aliphatic heterocycles. The van der Waals surface area contributed by atoms with E-state index in [1.165, 1.54) is 0 Å². The third-order valence-corrected chi connectivity index (χ3v) is 2.51. The summed E-state index contributed by atoms with van der Waals surface area (Å²) in [6.07, 6.45) is 3.37. The van der Waals surface area contributed by atoms with E-state index in [4.69, 9.17) is 11.6 Å². The van der Waals surface area contributed by atoms with Crippen LogP contribution < -0.4 is 5.32 Å². The molecule has 0 saturated heterocycles. The smallest absolute Gasteiger partial charge is 0.147 e. The Morgan fingerprint density at radius 3 is 2.50 bits per heavy atom. The van der Waals surface area contributed by atoms with Crippen molar-refractivity contribution in [3.63, 3.8) is 0 Å². The number of aromatic nitrogens is 2. The van der Waals surface area contributed by atoms with Gasteiger partial charge in [0.1, 0.15) is 5.82 Å². The van der Waals surface area contributed by atoms with E-state index in [1.54, 1.807) is 12.4 Å². The van der Waals surface area contributed by atoms with Crippen LogP contribution in [-0.4, -0.2) is 21.9 Å². The number of aryl methyl sites for hydroxylation is 1. The zero-order valence-corrected chi connectivity index (χ0v) is 9.54.